The molecule has 0 aromatic heterocycles. The Hall–Kier alpha value is -1.22. The van der Waals surface area contributed by atoms with Crippen molar-refractivity contribution in [1.29, 1.82) is 0 Å². The molecule has 0 atom stereocenters. The maximum absolute atomic E-state index is 13.3. The van der Waals surface area contributed by atoms with Gasteiger partial charge in [0.15, 0.2) is 0 Å². The molecular formula is C21H31NOS. The SMILES string of the molecule is CC(C)c1cccc(C(C)C)c1N1C(=O)C(C)(C)CC(C)(C)C1=S. The van der Waals surface area contributed by atoms with Gasteiger partial charge in [0.05, 0.1) is 10.7 Å². The average Bonchev–Trinajstić information content (AvgIpc) is 2.44. The number of carbonyl (C=O) groups excluding carboxylic acids is 1. The summed E-state index contributed by atoms with van der Waals surface area (Å²) in [6.45, 7) is 17.1. The second kappa shape index (κ2) is 6.25. The van der Waals surface area contributed by atoms with Gasteiger partial charge in [-0.1, -0.05) is 85.8 Å². The molecule has 1 aliphatic rings. The van der Waals surface area contributed by atoms with Gasteiger partial charge in [-0.15, -0.1) is 0 Å². The van der Waals surface area contributed by atoms with Gasteiger partial charge in [0.1, 0.15) is 0 Å². The van der Waals surface area contributed by atoms with Crippen LogP contribution in [0.1, 0.15) is 84.8 Å². The smallest absolute Gasteiger partial charge is 0.237 e. The van der Waals surface area contributed by atoms with Gasteiger partial charge in [-0.25, -0.2) is 0 Å². The zero-order chi connectivity index (χ0) is 18.4. The van der Waals surface area contributed by atoms with Crippen LogP contribution in [0.2, 0.25) is 0 Å². The van der Waals surface area contributed by atoms with E-state index in [4.69, 9.17) is 12.2 Å². The summed E-state index contributed by atoms with van der Waals surface area (Å²) in [5.41, 5.74) is 2.84. The van der Waals surface area contributed by atoms with Gasteiger partial charge in [0.25, 0.3) is 0 Å². The van der Waals surface area contributed by atoms with E-state index in [0.29, 0.717) is 11.8 Å². The number of hydrogen-bond donors (Lipinski definition) is 0. The Labute approximate surface area is 152 Å². The Morgan fingerprint density at radius 1 is 0.958 bits per heavy atom. The molecule has 1 fully saturated rings. The minimum atomic E-state index is -0.413. The third kappa shape index (κ3) is 3.15. The van der Waals surface area contributed by atoms with Gasteiger partial charge < -0.3 is 0 Å². The maximum Gasteiger partial charge on any atom is 0.237 e. The van der Waals surface area contributed by atoms with Crippen LogP contribution >= 0.6 is 12.2 Å². The molecule has 1 amide bonds. The minimum Gasteiger partial charge on any atom is -0.273 e. The second-order valence-corrected chi connectivity index (χ2v) is 9.37. The Morgan fingerprint density at radius 2 is 1.42 bits per heavy atom. The Morgan fingerprint density at radius 3 is 1.83 bits per heavy atom. The molecular weight excluding hydrogens is 314 g/mol. The van der Waals surface area contributed by atoms with Crippen LogP contribution in [0.5, 0.6) is 0 Å². The lowest BCUT2D eigenvalue weighted by atomic mass is 9.70. The summed E-state index contributed by atoms with van der Waals surface area (Å²) < 4.78 is 0. The van der Waals surface area contributed by atoms with E-state index in [1.165, 1.54) is 11.1 Å². The zero-order valence-corrected chi connectivity index (χ0v) is 17.2. The first kappa shape index (κ1) is 19.1. The molecule has 2 rings (SSSR count). The molecule has 1 aromatic rings. The maximum atomic E-state index is 13.3. The van der Waals surface area contributed by atoms with Crippen molar-refractivity contribution >= 4 is 28.8 Å². The monoisotopic (exact) mass is 345 g/mol. The number of nitrogens with zero attached hydrogens (tertiary/aromatic N) is 1. The first-order chi connectivity index (χ1) is 10.9. The highest BCUT2D eigenvalue weighted by atomic mass is 32.1. The number of carbonyl (C=O) groups is 1. The van der Waals surface area contributed by atoms with E-state index in [0.717, 1.165) is 17.1 Å². The van der Waals surface area contributed by atoms with Crippen LogP contribution in [-0.4, -0.2) is 10.9 Å². The average molecular weight is 346 g/mol. The molecule has 24 heavy (non-hydrogen) atoms. The van der Waals surface area contributed by atoms with Crippen molar-refractivity contribution in [3.8, 4) is 0 Å². The van der Waals surface area contributed by atoms with Gasteiger partial charge in [-0.2, -0.15) is 0 Å². The van der Waals surface area contributed by atoms with Crippen LogP contribution in [0.3, 0.4) is 0 Å². The number of para-hydroxylation sites is 1. The number of anilines is 1. The van der Waals surface area contributed by atoms with Crippen molar-refractivity contribution in [2.75, 3.05) is 4.90 Å². The zero-order valence-electron chi connectivity index (χ0n) is 16.4. The fraction of sp³-hybridized carbons (Fsp3) is 0.619. The second-order valence-electron chi connectivity index (χ2n) is 8.98. The predicted octanol–water partition coefficient (Wildman–Crippen LogP) is 6.05. The van der Waals surface area contributed by atoms with Crippen molar-refractivity contribution < 1.29 is 4.79 Å². The molecule has 0 radical (unpaired) electrons. The quantitative estimate of drug-likeness (QED) is 0.621. The number of thiocarbonyl (C=S) groups is 1. The van der Waals surface area contributed by atoms with Gasteiger partial charge in [-0.05, 0) is 29.4 Å². The Kier molecular flexibility index (Phi) is 4.98. The van der Waals surface area contributed by atoms with Crippen molar-refractivity contribution in [3.05, 3.63) is 29.3 Å². The summed E-state index contributed by atoms with van der Waals surface area (Å²) in [5, 5.41) is 0. The van der Waals surface area contributed by atoms with E-state index >= 15 is 0 Å². The van der Waals surface area contributed by atoms with E-state index in [2.05, 4.69) is 59.7 Å². The molecule has 0 spiro atoms. The standard InChI is InChI=1S/C21H31NOS/c1-13(2)15-10-9-11-16(14(3)4)17(15)22-18(23)20(5,6)12-21(7,8)19(22)24/h9-11,13-14H,12H2,1-8H3. The van der Waals surface area contributed by atoms with E-state index in [1.807, 2.05) is 18.7 Å². The summed E-state index contributed by atoms with van der Waals surface area (Å²) in [5.74, 6) is 0.798. The first-order valence-electron chi connectivity index (χ1n) is 8.92. The Bertz CT molecular complexity index is 618. The van der Waals surface area contributed by atoms with E-state index in [1.54, 1.807) is 0 Å². The lowest BCUT2D eigenvalue weighted by molar-refractivity contribution is -0.127. The van der Waals surface area contributed by atoms with Gasteiger partial charge >= 0.3 is 0 Å². The van der Waals surface area contributed by atoms with Crippen LogP contribution in [0.4, 0.5) is 5.69 Å². The highest BCUT2D eigenvalue weighted by Crippen LogP contribution is 2.47. The van der Waals surface area contributed by atoms with Crippen molar-refractivity contribution in [2.24, 2.45) is 10.8 Å². The summed E-state index contributed by atoms with van der Waals surface area (Å²) in [4.78, 5) is 16.0. The molecule has 0 aliphatic carbocycles. The van der Waals surface area contributed by atoms with Crippen LogP contribution in [0.25, 0.3) is 0 Å². The summed E-state index contributed by atoms with van der Waals surface area (Å²) >= 11 is 5.82. The lowest BCUT2D eigenvalue weighted by Gasteiger charge is -2.47. The number of rotatable bonds is 3. The van der Waals surface area contributed by atoms with Crippen LogP contribution in [-0.2, 0) is 4.79 Å². The molecule has 2 nitrogen and oxygen atoms in total. The first-order valence-corrected chi connectivity index (χ1v) is 9.33. The molecule has 1 saturated heterocycles. The van der Waals surface area contributed by atoms with E-state index in [9.17, 15) is 4.79 Å². The summed E-state index contributed by atoms with van der Waals surface area (Å²) in [6, 6.07) is 6.37. The Balaban J connectivity index is 2.77. The molecule has 1 heterocycles. The summed E-state index contributed by atoms with van der Waals surface area (Å²) in [6.07, 6.45) is 0.787. The third-order valence-electron chi connectivity index (χ3n) is 5.01. The fourth-order valence-electron chi connectivity index (χ4n) is 3.93. The minimum absolute atomic E-state index is 0.127. The highest BCUT2D eigenvalue weighted by Gasteiger charge is 2.49. The fourth-order valence-corrected chi connectivity index (χ4v) is 4.17. The van der Waals surface area contributed by atoms with Crippen LogP contribution < -0.4 is 4.90 Å². The molecule has 0 bridgehead atoms. The molecule has 0 saturated carbocycles. The number of amides is 1. The summed E-state index contributed by atoms with van der Waals surface area (Å²) in [7, 11) is 0. The number of piperidine rings is 1. The molecule has 0 N–H and O–H groups in total. The largest absolute Gasteiger partial charge is 0.273 e. The predicted molar refractivity (Wildman–Crippen MR) is 107 cm³/mol. The van der Waals surface area contributed by atoms with Gasteiger partial charge in [-0.3, -0.25) is 9.69 Å². The van der Waals surface area contributed by atoms with Gasteiger partial charge in [0.2, 0.25) is 5.91 Å². The van der Waals surface area contributed by atoms with Crippen molar-refractivity contribution in [2.45, 2.75) is 73.6 Å². The number of benzene rings is 1. The topological polar surface area (TPSA) is 20.3 Å². The molecule has 3 heteroatoms. The van der Waals surface area contributed by atoms with Crippen molar-refractivity contribution in [1.82, 2.24) is 0 Å². The normalized spacial score (nSPS) is 20.2. The molecule has 1 aliphatic heterocycles. The van der Waals surface area contributed by atoms with Crippen molar-refractivity contribution in [3.63, 3.8) is 0 Å². The van der Waals surface area contributed by atoms with Crippen LogP contribution in [0, 0.1) is 10.8 Å². The van der Waals surface area contributed by atoms with E-state index < -0.39 is 5.41 Å². The molecule has 132 valence electrons. The lowest BCUT2D eigenvalue weighted by Crippen LogP contribution is -2.56. The number of hydrogen-bond acceptors (Lipinski definition) is 2. The molecule has 1 aromatic carbocycles. The highest BCUT2D eigenvalue weighted by molar-refractivity contribution is 7.80. The molecule has 0 unspecified atom stereocenters. The van der Waals surface area contributed by atoms with E-state index in [-0.39, 0.29) is 11.3 Å². The van der Waals surface area contributed by atoms with Gasteiger partial charge in [0, 0.05) is 10.8 Å². The third-order valence-corrected chi connectivity index (χ3v) is 5.75. The van der Waals surface area contributed by atoms with Crippen LogP contribution in [0.15, 0.2) is 18.2 Å².